The summed E-state index contributed by atoms with van der Waals surface area (Å²) >= 11 is 6.99. The second-order valence-electron chi connectivity index (χ2n) is 5.60. The van der Waals surface area contributed by atoms with Crippen molar-refractivity contribution in [1.29, 1.82) is 0 Å². The van der Waals surface area contributed by atoms with Gasteiger partial charge in [-0.2, -0.15) is 0 Å². The first kappa shape index (κ1) is 18.8. The number of aromatic nitrogens is 1. The van der Waals surface area contributed by atoms with Crippen molar-refractivity contribution in [3.63, 3.8) is 0 Å². The highest BCUT2D eigenvalue weighted by Crippen LogP contribution is 2.30. The number of benzene rings is 2. The average Bonchev–Trinajstić information content (AvgIpc) is 2.90. The van der Waals surface area contributed by atoms with Gasteiger partial charge in [-0.15, -0.1) is 0 Å². The van der Waals surface area contributed by atoms with E-state index in [1.54, 1.807) is 22.8 Å². The number of aryl methyl sites for hydroxylation is 1. The maximum Gasteiger partial charge on any atom is 0.308 e. The zero-order valence-electron chi connectivity index (χ0n) is 14.2. The molecule has 0 aliphatic heterocycles. The standard InChI is InChI=1S/C17H17ClN2O4S2/c1-3-8-20-14-6-5-12(10-16(14)25-17(20)21)26(22,23)19-13-9-11(18)4-7-15(13)24-2/h4-7,9-10,19H,3,8H2,1-2H3. The van der Waals surface area contributed by atoms with E-state index in [4.69, 9.17) is 16.3 Å². The Kier molecular flexibility index (Phi) is 5.27. The van der Waals surface area contributed by atoms with E-state index in [0.29, 0.717) is 22.0 Å². The highest BCUT2D eigenvalue weighted by molar-refractivity contribution is 7.92. The number of thiazole rings is 1. The van der Waals surface area contributed by atoms with Crippen molar-refractivity contribution >= 4 is 48.9 Å². The molecule has 1 aromatic heterocycles. The van der Waals surface area contributed by atoms with Crippen LogP contribution in [0, 0.1) is 0 Å². The van der Waals surface area contributed by atoms with Gasteiger partial charge in [-0.25, -0.2) is 8.42 Å². The molecule has 0 spiro atoms. The Morgan fingerprint density at radius 1 is 1.23 bits per heavy atom. The first-order chi connectivity index (χ1) is 12.4. The molecule has 0 saturated carbocycles. The molecule has 2 aromatic carbocycles. The van der Waals surface area contributed by atoms with Gasteiger partial charge in [-0.3, -0.25) is 14.1 Å². The van der Waals surface area contributed by atoms with Gasteiger partial charge < -0.3 is 4.74 Å². The van der Waals surface area contributed by atoms with Gasteiger partial charge in [0.05, 0.1) is 27.9 Å². The third-order valence-electron chi connectivity index (χ3n) is 3.80. The number of fused-ring (bicyclic) bond motifs is 1. The van der Waals surface area contributed by atoms with E-state index in [9.17, 15) is 13.2 Å². The SMILES string of the molecule is CCCn1c(=O)sc2cc(S(=O)(=O)Nc3cc(Cl)ccc3OC)ccc21. The number of hydrogen-bond acceptors (Lipinski definition) is 5. The summed E-state index contributed by atoms with van der Waals surface area (Å²) in [5.41, 5.74) is 0.984. The Morgan fingerprint density at radius 3 is 2.69 bits per heavy atom. The van der Waals surface area contributed by atoms with Gasteiger partial charge in [-0.05, 0) is 42.8 Å². The lowest BCUT2D eigenvalue weighted by Gasteiger charge is -2.12. The summed E-state index contributed by atoms with van der Waals surface area (Å²) in [5.74, 6) is 0.359. The third kappa shape index (κ3) is 3.58. The average molecular weight is 413 g/mol. The molecule has 0 radical (unpaired) electrons. The van der Waals surface area contributed by atoms with E-state index in [-0.39, 0.29) is 15.5 Å². The number of methoxy groups -OCH3 is 1. The van der Waals surface area contributed by atoms with E-state index >= 15 is 0 Å². The fourth-order valence-electron chi connectivity index (χ4n) is 2.61. The van der Waals surface area contributed by atoms with E-state index in [1.807, 2.05) is 6.92 Å². The van der Waals surface area contributed by atoms with Gasteiger partial charge in [-0.1, -0.05) is 29.9 Å². The van der Waals surface area contributed by atoms with Gasteiger partial charge in [0.2, 0.25) is 0 Å². The van der Waals surface area contributed by atoms with Crippen molar-refractivity contribution in [1.82, 2.24) is 4.57 Å². The number of halogens is 1. The minimum atomic E-state index is -3.86. The molecule has 1 heterocycles. The molecule has 0 saturated heterocycles. The molecule has 3 aromatic rings. The smallest absolute Gasteiger partial charge is 0.308 e. The highest BCUT2D eigenvalue weighted by Gasteiger charge is 2.19. The molecule has 0 unspecified atom stereocenters. The second-order valence-corrected chi connectivity index (χ2v) is 8.71. The third-order valence-corrected chi connectivity index (χ3v) is 6.34. The molecule has 9 heteroatoms. The molecule has 0 fully saturated rings. The van der Waals surface area contributed by atoms with Crippen LogP contribution in [-0.4, -0.2) is 20.1 Å². The Balaban J connectivity index is 2.02. The van der Waals surface area contributed by atoms with Crippen molar-refractivity contribution in [2.45, 2.75) is 24.8 Å². The fourth-order valence-corrected chi connectivity index (χ4v) is 4.90. The van der Waals surface area contributed by atoms with Crippen molar-refractivity contribution in [3.05, 3.63) is 51.1 Å². The number of ether oxygens (including phenoxy) is 1. The number of rotatable bonds is 6. The summed E-state index contributed by atoms with van der Waals surface area (Å²) < 4.78 is 35.4. The van der Waals surface area contributed by atoms with Gasteiger partial charge in [0.1, 0.15) is 5.75 Å². The summed E-state index contributed by atoms with van der Waals surface area (Å²) in [6.07, 6.45) is 0.821. The molecule has 0 atom stereocenters. The lowest BCUT2D eigenvalue weighted by atomic mass is 10.3. The molecule has 0 aliphatic carbocycles. The topological polar surface area (TPSA) is 77.4 Å². The number of hydrogen-bond donors (Lipinski definition) is 1. The molecule has 26 heavy (non-hydrogen) atoms. The molecule has 1 N–H and O–H groups in total. The maximum absolute atomic E-state index is 12.8. The molecule has 0 amide bonds. The first-order valence-electron chi connectivity index (χ1n) is 7.85. The Morgan fingerprint density at radius 2 is 2.00 bits per heavy atom. The number of sulfonamides is 1. The van der Waals surface area contributed by atoms with E-state index in [0.717, 1.165) is 23.3 Å². The van der Waals surface area contributed by atoms with Gasteiger partial charge in [0.25, 0.3) is 10.0 Å². The summed E-state index contributed by atoms with van der Waals surface area (Å²) in [4.78, 5) is 12.1. The predicted molar refractivity (Wildman–Crippen MR) is 105 cm³/mol. The Hall–Kier alpha value is -2.03. The van der Waals surface area contributed by atoms with Crippen molar-refractivity contribution in [2.75, 3.05) is 11.8 Å². The van der Waals surface area contributed by atoms with Crippen LogP contribution < -0.4 is 14.3 Å². The normalized spacial score (nSPS) is 11.7. The second kappa shape index (κ2) is 7.30. The number of nitrogens with zero attached hydrogens (tertiary/aromatic N) is 1. The molecular weight excluding hydrogens is 396 g/mol. The van der Waals surface area contributed by atoms with Crippen LogP contribution in [0.25, 0.3) is 10.2 Å². The molecule has 3 rings (SSSR count). The van der Waals surface area contributed by atoms with Gasteiger partial charge >= 0.3 is 4.87 Å². The minimum Gasteiger partial charge on any atom is -0.495 e. The van der Waals surface area contributed by atoms with Crippen LogP contribution in [0.5, 0.6) is 5.75 Å². The quantitative estimate of drug-likeness (QED) is 0.665. The summed E-state index contributed by atoms with van der Waals surface area (Å²) in [6, 6.07) is 9.32. The van der Waals surface area contributed by atoms with Crippen LogP contribution in [0.2, 0.25) is 5.02 Å². The van der Waals surface area contributed by atoms with Crippen LogP contribution in [0.1, 0.15) is 13.3 Å². The monoisotopic (exact) mass is 412 g/mol. The van der Waals surface area contributed by atoms with E-state index in [2.05, 4.69) is 4.72 Å². The van der Waals surface area contributed by atoms with Crippen LogP contribution in [-0.2, 0) is 16.6 Å². The minimum absolute atomic E-state index is 0.0666. The Bertz CT molecular complexity index is 1120. The summed E-state index contributed by atoms with van der Waals surface area (Å²) in [6.45, 7) is 2.58. The Labute approximate surface area is 160 Å². The van der Waals surface area contributed by atoms with Crippen LogP contribution >= 0.6 is 22.9 Å². The number of anilines is 1. The van der Waals surface area contributed by atoms with Crippen LogP contribution in [0.15, 0.2) is 46.1 Å². The first-order valence-corrected chi connectivity index (χ1v) is 10.5. The molecule has 0 aliphatic rings. The molecule has 138 valence electrons. The van der Waals surface area contributed by atoms with Crippen molar-refractivity contribution < 1.29 is 13.2 Å². The fraction of sp³-hybridized carbons (Fsp3) is 0.235. The molecule has 0 bridgehead atoms. The van der Waals surface area contributed by atoms with E-state index < -0.39 is 10.0 Å². The zero-order valence-corrected chi connectivity index (χ0v) is 16.5. The van der Waals surface area contributed by atoms with Gasteiger partial charge in [0, 0.05) is 11.6 Å². The van der Waals surface area contributed by atoms with Crippen molar-refractivity contribution in [3.8, 4) is 5.75 Å². The lowest BCUT2D eigenvalue weighted by molar-refractivity contribution is 0.417. The van der Waals surface area contributed by atoms with Crippen molar-refractivity contribution in [2.24, 2.45) is 0 Å². The van der Waals surface area contributed by atoms with Gasteiger partial charge in [0.15, 0.2) is 0 Å². The zero-order chi connectivity index (χ0) is 18.9. The number of nitrogens with one attached hydrogen (secondary N) is 1. The summed E-state index contributed by atoms with van der Waals surface area (Å²) in [7, 11) is -2.42. The summed E-state index contributed by atoms with van der Waals surface area (Å²) in [5, 5.41) is 0.383. The highest BCUT2D eigenvalue weighted by atomic mass is 35.5. The van der Waals surface area contributed by atoms with E-state index in [1.165, 1.54) is 25.3 Å². The maximum atomic E-state index is 12.8. The molecular formula is C17H17ClN2O4S2. The largest absolute Gasteiger partial charge is 0.495 e. The van der Waals surface area contributed by atoms with Crippen LogP contribution in [0.3, 0.4) is 0 Å². The van der Waals surface area contributed by atoms with Crippen LogP contribution in [0.4, 0.5) is 5.69 Å². The predicted octanol–water partition coefficient (Wildman–Crippen LogP) is 3.94. The lowest BCUT2D eigenvalue weighted by Crippen LogP contribution is -2.14. The molecule has 6 nitrogen and oxygen atoms in total.